The first-order valence-electron chi connectivity index (χ1n) is 11.7. The minimum absolute atomic E-state index is 0.0398. The van der Waals surface area contributed by atoms with Crippen LogP contribution in [0.25, 0.3) is 22.2 Å². The van der Waals surface area contributed by atoms with Crippen LogP contribution in [-0.4, -0.2) is 48.2 Å². The highest BCUT2D eigenvalue weighted by atomic mass is 32.2. The number of imidazole rings is 1. The predicted octanol–water partition coefficient (Wildman–Crippen LogP) is 4.87. The lowest BCUT2D eigenvalue weighted by Crippen LogP contribution is -2.19. The third-order valence-corrected chi connectivity index (χ3v) is 8.24. The van der Waals surface area contributed by atoms with Gasteiger partial charge in [-0.1, -0.05) is 12.1 Å². The van der Waals surface area contributed by atoms with Gasteiger partial charge in [0.15, 0.2) is 5.82 Å². The number of aliphatic hydroxyl groups excluding tert-OH is 1. The summed E-state index contributed by atoms with van der Waals surface area (Å²) in [6.07, 6.45) is 3.99. The van der Waals surface area contributed by atoms with Gasteiger partial charge in [0.1, 0.15) is 17.2 Å². The van der Waals surface area contributed by atoms with Crippen LogP contribution in [0.3, 0.4) is 0 Å². The molecular weight excluding hydrogens is 486 g/mol. The Morgan fingerprint density at radius 3 is 2.64 bits per heavy atom. The van der Waals surface area contributed by atoms with Gasteiger partial charge in [0.05, 0.1) is 23.7 Å². The summed E-state index contributed by atoms with van der Waals surface area (Å²) in [6.45, 7) is 0.270. The molecule has 0 unspecified atom stereocenters. The predicted molar refractivity (Wildman–Crippen MR) is 131 cm³/mol. The van der Waals surface area contributed by atoms with Gasteiger partial charge in [-0.25, -0.2) is 15.0 Å². The van der Waals surface area contributed by atoms with Crippen molar-refractivity contribution in [1.82, 2.24) is 19.5 Å². The van der Waals surface area contributed by atoms with E-state index in [0.29, 0.717) is 17.8 Å². The lowest BCUT2D eigenvalue weighted by molar-refractivity contribution is -0.0508. The fourth-order valence-electron chi connectivity index (χ4n) is 5.25. The van der Waals surface area contributed by atoms with Crippen molar-refractivity contribution in [2.75, 3.05) is 6.61 Å². The summed E-state index contributed by atoms with van der Waals surface area (Å²) >= 11 is 1.49. The van der Waals surface area contributed by atoms with E-state index in [1.807, 2.05) is 24.3 Å². The Morgan fingerprint density at radius 1 is 1.17 bits per heavy atom. The second kappa shape index (κ2) is 8.50. The minimum atomic E-state index is -2.94. The number of thioether (sulfide) groups is 1. The summed E-state index contributed by atoms with van der Waals surface area (Å²) in [4.78, 5) is 14.4. The molecule has 2 N–H and O–H groups in total. The van der Waals surface area contributed by atoms with Crippen molar-refractivity contribution in [1.29, 1.82) is 0 Å². The molecule has 6 rings (SSSR count). The van der Waals surface area contributed by atoms with Gasteiger partial charge in [-0.15, -0.1) is 11.8 Å². The monoisotopic (exact) mass is 510 g/mol. The van der Waals surface area contributed by atoms with Gasteiger partial charge >= 0.3 is 6.61 Å². The van der Waals surface area contributed by atoms with Crippen molar-refractivity contribution in [3.63, 3.8) is 0 Å². The summed E-state index contributed by atoms with van der Waals surface area (Å²) in [5.74, 6) is 1.28. The molecule has 4 aromatic rings. The third kappa shape index (κ3) is 3.75. The average molecular weight is 511 g/mol. The lowest BCUT2D eigenvalue weighted by Gasteiger charge is -2.23. The second-order valence-electron chi connectivity index (χ2n) is 9.64. The molecule has 36 heavy (non-hydrogen) atoms. The van der Waals surface area contributed by atoms with Gasteiger partial charge in [-0.2, -0.15) is 8.78 Å². The van der Waals surface area contributed by atoms with Crippen LogP contribution in [0.4, 0.5) is 8.78 Å². The van der Waals surface area contributed by atoms with Crippen molar-refractivity contribution in [2.24, 2.45) is 0 Å². The number of halogens is 2. The van der Waals surface area contributed by atoms with Crippen LogP contribution in [0.1, 0.15) is 49.4 Å². The minimum Gasteiger partial charge on any atom is -0.434 e. The Hall–Kier alpha value is -3.08. The van der Waals surface area contributed by atoms with E-state index < -0.39 is 12.2 Å². The molecule has 0 fully saturated rings. The largest absolute Gasteiger partial charge is 0.434 e. The Bertz CT molecular complexity index is 1450. The lowest BCUT2D eigenvalue weighted by atomic mass is 9.95. The van der Waals surface area contributed by atoms with E-state index in [4.69, 9.17) is 9.72 Å². The zero-order valence-electron chi connectivity index (χ0n) is 19.6. The number of hydrogen-bond acceptors (Lipinski definition) is 7. The zero-order chi connectivity index (χ0) is 25.2. The molecule has 0 aliphatic carbocycles. The number of aromatic nitrogens is 4. The van der Waals surface area contributed by atoms with Crippen molar-refractivity contribution < 1.29 is 23.7 Å². The fraction of sp³-hybridized carbons (Fsp3) is 0.346. The van der Waals surface area contributed by atoms with E-state index in [9.17, 15) is 19.0 Å². The molecule has 2 aromatic heterocycles. The van der Waals surface area contributed by atoms with Crippen LogP contribution in [-0.2, 0) is 5.60 Å². The summed E-state index contributed by atoms with van der Waals surface area (Å²) < 4.78 is 33.6. The van der Waals surface area contributed by atoms with Crippen molar-refractivity contribution >= 4 is 22.8 Å². The van der Waals surface area contributed by atoms with Gasteiger partial charge in [-0.3, -0.25) is 0 Å². The Morgan fingerprint density at radius 2 is 1.94 bits per heavy atom. The maximum absolute atomic E-state index is 13.3. The second-order valence-corrected chi connectivity index (χ2v) is 10.9. The molecule has 2 aromatic carbocycles. The van der Waals surface area contributed by atoms with Crippen LogP contribution >= 0.6 is 11.8 Å². The van der Waals surface area contributed by atoms with Crippen LogP contribution < -0.4 is 4.74 Å². The summed E-state index contributed by atoms with van der Waals surface area (Å²) in [6, 6.07) is 10.8. The molecule has 10 heteroatoms. The topological polar surface area (TPSA) is 93.3 Å². The van der Waals surface area contributed by atoms with Crippen LogP contribution in [0, 0.1) is 0 Å². The van der Waals surface area contributed by atoms with E-state index in [2.05, 4.69) is 14.5 Å². The number of hydrogen-bond donors (Lipinski definition) is 2. The van der Waals surface area contributed by atoms with Crippen LogP contribution in [0.5, 0.6) is 5.75 Å². The first kappa shape index (κ1) is 23.3. The van der Waals surface area contributed by atoms with E-state index >= 15 is 0 Å². The molecule has 4 heterocycles. The van der Waals surface area contributed by atoms with E-state index in [1.54, 1.807) is 38.4 Å². The summed E-state index contributed by atoms with van der Waals surface area (Å²) in [5, 5.41) is 20.2. The number of ether oxygens (including phenoxy) is 1. The summed E-state index contributed by atoms with van der Waals surface area (Å²) in [7, 11) is 0. The molecular formula is C26H24F2N4O3S. The van der Waals surface area contributed by atoms with Crippen LogP contribution in [0.15, 0.2) is 53.7 Å². The van der Waals surface area contributed by atoms with Crippen molar-refractivity contribution in [2.45, 2.75) is 54.6 Å². The average Bonchev–Trinajstić information content (AvgIpc) is 3.33. The molecule has 2 aliphatic rings. The highest BCUT2D eigenvalue weighted by molar-refractivity contribution is 8.00. The van der Waals surface area contributed by atoms with E-state index in [-0.39, 0.29) is 29.6 Å². The van der Waals surface area contributed by atoms with E-state index in [1.165, 1.54) is 11.8 Å². The highest BCUT2D eigenvalue weighted by Crippen LogP contribution is 2.55. The number of aliphatic hydroxyl groups is 2. The molecule has 0 saturated heterocycles. The number of nitrogens with zero attached hydrogens (tertiary/aromatic N) is 4. The standard InChI is InChI=1S/C26H24F2N4O3S/c1-26(2,34)24-29-10-14(11-30-24)13-6-7-16-17(8-13)32-18-9-15(23(32)31-16)21(12-33)36-20-5-3-4-19(22(18)20)35-25(27)28/h3-8,10-11,15,18,21,25,33-34H,9,12H2,1-2H3/t15-,18-,21+/m1/s1. The molecule has 0 amide bonds. The molecule has 186 valence electrons. The maximum atomic E-state index is 13.3. The number of benzene rings is 2. The van der Waals surface area contributed by atoms with Crippen LogP contribution in [0.2, 0.25) is 0 Å². The van der Waals surface area contributed by atoms with E-state index in [0.717, 1.165) is 32.9 Å². The molecule has 0 spiro atoms. The Labute approximate surface area is 210 Å². The smallest absolute Gasteiger partial charge is 0.387 e. The number of rotatable bonds is 5. The molecule has 3 atom stereocenters. The zero-order valence-corrected chi connectivity index (χ0v) is 20.4. The molecule has 0 saturated carbocycles. The van der Waals surface area contributed by atoms with Gasteiger partial charge in [0, 0.05) is 39.6 Å². The maximum Gasteiger partial charge on any atom is 0.387 e. The van der Waals surface area contributed by atoms with Gasteiger partial charge < -0.3 is 19.5 Å². The van der Waals surface area contributed by atoms with Gasteiger partial charge in [0.25, 0.3) is 0 Å². The third-order valence-electron chi connectivity index (χ3n) is 6.85. The Kier molecular flexibility index (Phi) is 5.51. The van der Waals surface area contributed by atoms with Gasteiger partial charge in [-0.05, 0) is 50.1 Å². The van der Waals surface area contributed by atoms with Crippen molar-refractivity contribution in [3.8, 4) is 16.9 Å². The van der Waals surface area contributed by atoms with Gasteiger partial charge in [0.2, 0.25) is 0 Å². The SMILES string of the molecule is CC(C)(O)c1ncc(-c2ccc3nc4n(c3c2)[C@@H]2C[C@@H]4[C@H](CO)Sc3cccc(OC(F)F)c32)cn1. The molecule has 2 bridgehead atoms. The van der Waals surface area contributed by atoms with Crippen molar-refractivity contribution in [3.05, 3.63) is 66.0 Å². The summed E-state index contributed by atoms with van der Waals surface area (Å²) in [5.41, 5.74) is 2.86. The number of fused-ring (bicyclic) bond motifs is 9. The quantitative estimate of drug-likeness (QED) is 0.396. The fourth-order valence-corrected chi connectivity index (χ4v) is 6.57. The highest BCUT2D eigenvalue weighted by Gasteiger charge is 2.44. The number of alkyl halides is 2. The normalized spacial score (nSPS) is 20.9. The molecule has 2 aliphatic heterocycles. The first-order valence-corrected chi connectivity index (χ1v) is 12.5. The first-order chi connectivity index (χ1) is 17.2. The molecule has 0 radical (unpaired) electrons. The Balaban J connectivity index is 1.51. The molecule has 7 nitrogen and oxygen atoms in total.